The lowest BCUT2D eigenvalue weighted by Gasteiger charge is -2.41. The van der Waals surface area contributed by atoms with Crippen molar-refractivity contribution in [2.45, 2.75) is 57.4 Å². The topological polar surface area (TPSA) is 122 Å². The maximum atomic E-state index is 12.7. The van der Waals surface area contributed by atoms with Crippen molar-refractivity contribution in [2.24, 2.45) is 11.1 Å². The van der Waals surface area contributed by atoms with Gasteiger partial charge in [-0.1, -0.05) is 23.0 Å². The van der Waals surface area contributed by atoms with Crippen LogP contribution in [0.15, 0.2) is 30.0 Å². The molecule has 1 aliphatic heterocycles. The van der Waals surface area contributed by atoms with Gasteiger partial charge >= 0.3 is 0 Å². The fraction of sp³-hybridized carbons (Fsp3) is 0.591. The minimum Gasteiger partial charge on any atom is -0.355 e. The van der Waals surface area contributed by atoms with Gasteiger partial charge in [0.1, 0.15) is 0 Å². The van der Waals surface area contributed by atoms with Crippen molar-refractivity contribution < 1.29 is 4.79 Å². The van der Waals surface area contributed by atoms with Crippen LogP contribution in [-0.2, 0) is 4.79 Å². The Morgan fingerprint density at radius 2 is 2.16 bits per heavy atom. The Morgan fingerprint density at radius 3 is 3.00 bits per heavy atom. The SMILES string of the molecule is CN.O=C(CC12CCC=C(CCC1)C2)Nc1nnc(NC2CCN(c3cccnn3)C2)s1. The monoisotopic (exact) mass is 456 g/mol. The van der Waals surface area contributed by atoms with Gasteiger partial charge in [-0.2, -0.15) is 5.10 Å². The van der Waals surface area contributed by atoms with Crippen molar-refractivity contribution in [1.29, 1.82) is 0 Å². The van der Waals surface area contributed by atoms with Crippen LogP contribution < -0.4 is 21.3 Å². The zero-order valence-corrected chi connectivity index (χ0v) is 19.4. The number of carbonyl (C=O) groups excluding carboxylic acids is 1. The number of aromatic nitrogens is 4. The van der Waals surface area contributed by atoms with Crippen molar-refractivity contribution in [1.82, 2.24) is 20.4 Å². The Kier molecular flexibility index (Phi) is 7.31. The number of hydrogen-bond acceptors (Lipinski definition) is 9. The number of nitrogens with zero attached hydrogens (tertiary/aromatic N) is 5. The molecule has 10 heteroatoms. The highest BCUT2D eigenvalue weighted by molar-refractivity contribution is 7.19. The van der Waals surface area contributed by atoms with E-state index in [1.807, 2.05) is 12.1 Å². The molecule has 2 fully saturated rings. The quantitative estimate of drug-likeness (QED) is 0.567. The van der Waals surface area contributed by atoms with E-state index in [1.165, 1.54) is 31.2 Å². The molecular weight excluding hydrogens is 424 g/mol. The molecule has 2 aromatic heterocycles. The molecule has 1 saturated heterocycles. The Balaban J connectivity index is 0.00000119. The summed E-state index contributed by atoms with van der Waals surface area (Å²) in [6.07, 6.45) is 12.6. The molecule has 9 nitrogen and oxygen atoms in total. The highest BCUT2D eigenvalue weighted by atomic mass is 32.1. The third kappa shape index (κ3) is 5.42. The molecule has 0 aromatic carbocycles. The summed E-state index contributed by atoms with van der Waals surface area (Å²) >= 11 is 1.41. The molecule has 4 N–H and O–H groups in total. The van der Waals surface area contributed by atoms with Crippen LogP contribution in [0, 0.1) is 5.41 Å². The molecule has 32 heavy (non-hydrogen) atoms. The number of anilines is 3. The molecule has 1 saturated carbocycles. The van der Waals surface area contributed by atoms with Crippen molar-refractivity contribution in [2.75, 3.05) is 35.7 Å². The third-order valence-corrected chi connectivity index (χ3v) is 7.29. The summed E-state index contributed by atoms with van der Waals surface area (Å²) in [6.45, 7) is 1.77. The Hall–Kier alpha value is -2.59. The molecule has 172 valence electrons. The van der Waals surface area contributed by atoms with E-state index in [-0.39, 0.29) is 17.4 Å². The van der Waals surface area contributed by atoms with Gasteiger partial charge in [0.2, 0.25) is 16.2 Å². The van der Waals surface area contributed by atoms with Crippen LogP contribution in [0.25, 0.3) is 0 Å². The average molecular weight is 457 g/mol. The molecule has 5 rings (SSSR count). The van der Waals surface area contributed by atoms with Gasteiger partial charge in [-0.3, -0.25) is 4.79 Å². The third-order valence-electron chi connectivity index (χ3n) is 6.52. The summed E-state index contributed by atoms with van der Waals surface area (Å²) in [6, 6.07) is 4.15. The summed E-state index contributed by atoms with van der Waals surface area (Å²) in [5.74, 6) is 0.963. The smallest absolute Gasteiger partial charge is 0.226 e. The largest absolute Gasteiger partial charge is 0.355 e. The van der Waals surface area contributed by atoms with Gasteiger partial charge in [0.25, 0.3) is 0 Å². The molecule has 3 heterocycles. The first-order valence-electron chi connectivity index (χ1n) is 11.4. The van der Waals surface area contributed by atoms with Gasteiger partial charge in [0, 0.05) is 31.7 Å². The molecule has 2 unspecified atom stereocenters. The second-order valence-corrected chi connectivity index (χ2v) is 9.70. The molecule has 2 aliphatic carbocycles. The number of rotatable bonds is 6. The first-order chi connectivity index (χ1) is 15.7. The molecular formula is C22H32N8OS. The Labute approximate surface area is 192 Å². The van der Waals surface area contributed by atoms with E-state index in [2.05, 4.69) is 47.7 Å². The van der Waals surface area contributed by atoms with E-state index >= 15 is 0 Å². The van der Waals surface area contributed by atoms with E-state index in [1.54, 1.807) is 11.8 Å². The molecule has 2 atom stereocenters. The highest BCUT2D eigenvalue weighted by Gasteiger charge is 2.37. The Bertz CT molecular complexity index is 933. The zero-order chi connectivity index (χ0) is 22.4. The zero-order valence-electron chi connectivity index (χ0n) is 18.6. The molecule has 1 amide bonds. The second kappa shape index (κ2) is 10.4. The highest BCUT2D eigenvalue weighted by Crippen LogP contribution is 2.48. The van der Waals surface area contributed by atoms with Gasteiger partial charge < -0.3 is 21.3 Å². The maximum absolute atomic E-state index is 12.7. The van der Waals surface area contributed by atoms with E-state index in [4.69, 9.17) is 0 Å². The van der Waals surface area contributed by atoms with Crippen molar-refractivity contribution in [3.8, 4) is 0 Å². The maximum Gasteiger partial charge on any atom is 0.226 e. The van der Waals surface area contributed by atoms with Gasteiger partial charge in [-0.25, -0.2) is 0 Å². The van der Waals surface area contributed by atoms with Gasteiger partial charge in [-0.05, 0) is 69.5 Å². The van der Waals surface area contributed by atoms with Crippen LogP contribution in [0.5, 0.6) is 0 Å². The van der Waals surface area contributed by atoms with Crippen molar-refractivity contribution >= 4 is 33.3 Å². The van der Waals surface area contributed by atoms with E-state index in [0.717, 1.165) is 56.1 Å². The van der Waals surface area contributed by atoms with Crippen molar-refractivity contribution in [3.05, 3.63) is 30.0 Å². The van der Waals surface area contributed by atoms with Crippen LogP contribution in [0.1, 0.15) is 51.4 Å². The minimum absolute atomic E-state index is 0.0653. The molecule has 0 spiro atoms. The minimum atomic E-state index is 0.0653. The van der Waals surface area contributed by atoms with Crippen LogP contribution in [-0.4, -0.2) is 52.5 Å². The number of nitrogens with two attached hydrogens (primary N) is 1. The summed E-state index contributed by atoms with van der Waals surface area (Å²) in [7, 11) is 1.50. The summed E-state index contributed by atoms with van der Waals surface area (Å²) in [4.78, 5) is 14.9. The van der Waals surface area contributed by atoms with Crippen molar-refractivity contribution in [3.63, 3.8) is 0 Å². The van der Waals surface area contributed by atoms with Gasteiger partial charge in [0.05, 0.1) is 0 Å². The van der Waals surface area contributed by atoms with Crippen LogP contribution in [0.3, 0.4) is 0 Å². The first-order valence-corrected chi connectivity index (χ1v) is 12.2. The number of amides is 1. The summed E-state index contributed by atoms with van der Waals surface area (Å²) in [5, 5.41) is 24.3. The van der Waals surface area contributed by atoms with Gasteiger partial charge in [-0.15, -0.1) is 15.3 Å². The lowest BCUT2D eigenvalue weighted by atomic mass is 9.64. The van der Waals surface area contributed by atoms with Crippen LogP contribution in [0.4, 0.5) is 16.1 Å². The second-order valence-electron chi connectivity index (χ2n) is 8.73. The number of nitrogens with one attached hydrogen (secondary N) is 2. The fourth-order valence-electron chi connectivity index (χ4n) is 5.12. The number of carbonyl (C=O) groups is 1. The van der Waals surface area contributed by atoms with Crippen LogP contribution >= 0.6 is 11.3 Å². The molecule has 2 aromatic rings. The molecule has 0 radical (unpaired) electrons. The summed E-state index contributed by atoms with van der Waals surface area (Å²) in [5.41, 5.74) is 6.21. The lowest BCUT2D eigenvalue weighted by Crippen LogP contribution is -2.32. The molecule has 3 aliphatic rings. The normalized spacial score (nSPS) is 24.2. The first kappa shape index (κ1) is 22.6. The van der Waals surface area contributed by atoms with E-state index < -0.39 is 0 Å². The standard InChI is InChI=1S/C21H27N7OS.CH5N/c29-18(13-21-8-1-4-15(12-21)5-2-9-21)24-20-27-26-19(30-20)23-16-7-11-28(14-16)17-6-3-10-22-25-17;1-2/h3-4,6,10,16H,1-2,5,7-9,11-14H2,(H,23,26)(H,24,27,29);2H2,1H3. The summed E-state index contributed by atoms with van der Waals surface area (Å²) < 4.78 is 0. The molecule has 2 bridgehead atoms. The average Bonchev–Trinajstić information content (AvgIpc) is 3.45. The number of hydrogen-bond donors (Lipinski definition) is 3. The number of allylic oxidation sites excluding steroid dienone is 2. The fourth-order valence-corrected chi connectivity index (χ4v) is 5.85. The van der Waals surface area contributed by atoms with E-state index in [9.17, 15) is 4.79 Å². The lowest BCUT2D eigenvalue weighted by molar-refractivity contribution is -0.119. The van der Waals surface area contributed by atoms with E-state index in [0.29, 0.717) is 11.6 Å². The van der Waals surface area contributed by atoms with Gasteiger partial charge in [0.15, 0.2) is 5.82 Å². The predicted molar refractivity (Wildman–Crippen MR) is 128 cm³/mol. The van der Waals surface area contributed by atoms with Crippen LogP contribution in [0.2, 0.25) is 0 Å². The number of fused-ring (bicyclic) bond motifs is 2. The Morgan fingerprint density at radius 1 is 1.28 bits per heavy atom. The predicted octanol–water partition coefficient (Wildman–Crippen LogP) is 3.20.